The molecule has 0 bridgehead atoms. The smallest absolute Gasteiger partial charge is 0.224 e. The fourth-order valence-corrected chi connectivity index (χ4v) is 4.46. The number of fused-ring (bicyclic) bond motifs is 4. The summed E-state index contributed by atoms with van der Waals surface area (Å²) in [4.78, 5) is 16.3. The normalized spacial score (nSPS) is 17.7. The van der Waals surface area contributed by atoms with Gasteiger partial charge in [0.25, 0.3) is 0 Å². The molecule has 0 saturated carbocycles. The van der Waals surface area contributed by atoms with E-state index < -0.39 is 0 Å². The first-order valence-corrected chi connectivity index (χ1v) is 9.94. The van der Waals surface area contributed by atoms with Gasteiger partial charge in [0.15, 0.2) is 0 Å². The van der Waals surface area contributed by atoms with Gasteiger partial charge in [-0.15, -0.1) is 0 Å². The van der Waals surface area contributed by atoms with Gasteiger partial charge in [0.2, 0.25) is 5.91 Å². The molecule has 1 aromatic heterocycles. The number of ether oxygens (including phenoxy) is 2. The highest BCUT2D eigenvalue weighted by Gasteiger charge is 2.26. The number of aromatic amines is 1. The van der Waals surface area contributed by atoms with Crippen molar-refractivity contribution in [3.05, 3.63) is 58.8 Å². The third-order valence-corrected chi connectivity index (χ3v) is 5.87. The minimum absolute atomic E-state index is 0.0281. The zero-order valence-electron chi connectivity index (χ0n) is 16.0. The number of H-pyrrole nitrogens is 1. The third-order valence-electron chi connectivity index (χ3n) is 5.87. The van der Waals surface area contributed by atoms with Crippen LogP contribution in [0.4, 0.5) is 0 Å². The summed E-state index contributed by atoms with van der Waals surface area (Å²) < 4.78 is 11.0. The molecule has 5 rings (SSSR count). The molecule has 0 fully saturated rings. The predicted molar refractivity (Wildman–Crippen MR) is 108 cm³/mol. The molecule has 1 atom stereocenters. The molecule has 2 aromatic carbocycles. The van der Waals surface area contributed by atoms with Crippen molar-refractivity contribution in [1.29, 1.82) is 0 Å². The van der Waals surface area contributed by atoms with Crippen LogP contribution in [0.15, 0.2) is 36.4 Å². The maximum Gasteiger partial charge on any atom is 0.224 e. The van der Waals surface area contributed by atoms with Crippen molar-refractivity contribution in [2.75, 3.05) is 13.7 Å². The highest BCUT2D eigenvalue weighted by Crippen LogP contribution is 2.36. The number of benzene rings is 2. The number of aromatic nitrogens is 1. The van der Waals surface area contributed by atoms with Crippen molar-refractivity contribution < 1.29 is 14.3 Å². The van der Waals surface area contributed by atoms with E-state index in [1.54, 1.807) is 7.11 Å². The maximum absolute atomic E-state index is 12.7. The summed E-state index contributed by atoms with van der Waals surface area (Å²) in [5, 5.41) is 4.44. The second-order valence-electron chi connectivity index (χ2n) is 7.66. The molecule has 5 nitrogen and oxygen atoms in total. The number of aryl methyl sites for hydroxylation is 1. The molecule has 2 N–H and O–H groups in total. The lowest BCUT2D eigenvalue weighted by Crippen LogP contribution is -2.32. The van der Waals surface area contributed by atoms with Gasteiger partial charge in [-0.3, -0.25) is 4.79 Å². The van der Waals surface area contributed by atoms with E-state index in [0.29, 0.717) is 6.42 Å². The van der Waals surface area contributed by atoms with E-state index in [2.05, 4.69) is 28.5 Å². The largest absolute Gasteiger partial charge is 0.497 e. The number of nitrogens with one attached hydrogen (secondary N) is 2. The first kappa shape index (κ1) is 17.2. The molecule has 0 radical (unpaired) electrons. The lowest BCUT2D eigenvalue weighted by Gasteiger charge is -2.24. The molecule has 0 spiro atoms. The Kier molecular flexibility index (Phi) is 4.23. The van der Waals surface area contributed by atoms with Crippen LogP contribution in [0.25, 0.3) is 10.9 Å². The van der Waals surface area contributed by atoms with Crippen LogP contribution in [0.1, 0.15) is 41.3 Å². The predicted octanol–water partition coefficient (Wildman–Crippen LogP) is 3.85. The first-order valence-electron chi connectivity index (χ1n) is 9.94. The van der Waals surface area contributed by atoms with E-state index in [-0.39, 0.29) is 11.9 Å². The summed E-state index contributed by atoms with van der Waals surface area (Å²) in [7, 11) is 1.69. The topological polar surface area (TPSA) is 63.3 Å². The Morgan fingerprint density at radius 2 is 2.18 bits per heavy atom. The zero-order valence-corrected chi connectivity index (χ0v) is 16.0. The van der Waals surface area contributed by atoms with Gasteiger partial charge in [-0.25, -0.2) is 0 Å². The number of carbonyl (C=O) groups is 1. The number of rotatable bonds is 4. The highest BCUT2D eigenvalue weighted by atomic mass is 16.5. The summed E-state index contributed by atoms with van der Waals surface area (Å²) in [6.07, 6.45) is 4.37. The summed E-state index contributed by atoms with van der Waals surface area (Å²) in [5.74, 6) is 1.83. The third kappa shape index (κ3) is 3.01. The Morgan fingerprint density at radius 3 is 3.07 bits per heavy atom. The minimum atomic E-state index is 0.0281. The van der Waals surface area contributed by atoms with Gasteiger partial charge < -0.3 is 19.8 Å². The Balaban J connectivity index is 1.35. The van der Waals surface area contributed by atoms with Gasteiger partial charge in [-0.05, 0) is 60.2 Å². The Bertz CT molecular complexity index is 1050. The lowest BCUT2D eigenvalue weighted by molar-refractivity contribution is -0.121. The first-order chi connectivity index (χ1) is 13.7. The van der Waals surface area contributed by atoms with E-state index in [9.17, 15) is 4.79 Å². The molecule has 1 aliphatic heterocycles. The molecule has 5 heteroatoms. The number of methoxy groups -OCH3 is 1. The molecule has 28 heavy (non-hydrogen) atoms. The lowest BCUT2D eigenvalue weighted by atomic mass is 9.91. The SMILES string of the molecule is COc1ccc2[nH]c3c(c2c1)CCC[C@@H]3NC(=O)Cc1ccc2c(c1)OCC2. The van der Waals surface area contributed by atoms with Crippen LogP contribution >= 0.6 is 0 Å². The van der Waals surface area contributed by atoms with E-state index >= 15 is 0 Å². The van der Waals surface area contributed by atoms with Gasteiger partial charge in [0, 0.05) is 23.0 Å². The molecule has 1 aliphatic carbocycles. The van der Waals surface area contributed by atoms with Gasteiger partial charge >= 0.3 is 0 Å². The molecular weight excluding hydrogens is 352 g/mol. The molecule has 2 aliphatic rings. The quantitative estimate of drug-likeness (QED) is 0.727. The van der Waals surface area contributed by atoms with Gasteiger partial charge in [0.1, 0.15) is 11.5 Å². The molecule has 1 amide bonds. The van der Waals surface area contributed by atoms with Crippen molar-refractivity contribution in [2.45, 2.75) is 38.1 Å². The van der Waals surface area contributed by atoms with Crippen LogP contribution in [-0.4, -0.2) is 24.6 Å². The van der Waals surface area contributed by atoms with Crippen molar-refractivity contribution >= 4 is 16.8 Å². The molecular formula is C23H24N2O3. The molecule has 0 saturated heterocycles. The van der Waals surface area contributed by atoms with Crippen molar-refractivity contribution in [3.63, 3.8) is 0 Å². The van der Waals surface area contributed by atoms with Crippen LogP contribution in [0.2, 0.25) is 0 Å². The second kappa shape index (κ2) is 6.89. The molecule has 3 aromatic rings. The number of carbonyl (C=O) groups excluding carboxylic acids is 1. The fourth-order valence-electron chi connectivity index (χ4n) is 4.46. The number of hydrogen-bond acceptors (Lipinski definition) is 3. The fraction of sp³-hybridized carbons (Fsp3) is 0.348. The highest BCUT2D eigenvalue weighted by molar-refractivity contribution is 5.87. The van der Waals surface area contributed by atoms with Crippen molar-refractivity contribution in [2.24, 2.45) is 0 Å². The monoisotopic (exact) mass is 376 g/mol. The van der Waals surface area contributed by atoms with E-state index in [4.69, 9.17) is 9.47 Å². The average molecular weight is 376 g/mol. The van der Waals surface area contributed by atoms with Crippen LogP contribution < -0.4 is 14.8 Å². The van der Waals surface area contributed by atoms with Crippen LogP contribution in [0, 0.1) is 0 Å². The molecule has 0 unspecified atom stereocenters. The van der Waals surface area contributed by atoms with Crippen LogP contribution in [0.3, 0.4) is 0 Å². The average Bonchev–Trinajstić information content (AvgIpc) is 3.32. The zero-order chi connectivity index (χ0) is 19.1. The number of amides is 1. The van der Waals surface area contributed by atoms with E-state index in [0.717, 1.165) is 60.6 Å². The van der Waals surface area contributed by atoms with Gasteiger partial charge in [-0.1, -0.05) is 12.1 Å². The van der Waals surface area contributed by atoms with Crippen molar-refractivity contribution in [3.8, 4) is 11.5 Å². The number of hydrogen-bond donors (Lipinski definition) is 2. The summed E-state index contributed by atoms with van der Waals surface area (Å²) in [5.41, 5.74) is 5.77. The van der Waals surface area contributed by atoms with E-state index in [1.807, 2.05) is 18.2 Å². The minimum Gasteiger partial charge on any atom is -0.497 e. The molecule has 144 valence electrons. The van der Waals surface area contributed by atoms with Crippen LogP contribution in [-0.2, 0) is 24.1 Å². The van der Waals surface area contributed by atoms with E-state index in [1.165, 1.54) is 16.5 Å². The summed E-state index contributed by atoms with van der Waals surface area (Å²) >= 11 is 0. The van der Waals surface area contributed by atoms with Gasteiger partial charge in [0.05, 0.1) is 26.2 Å². The standard InChI is InChI=1S/C23H24N2O3/c1-27-16-7-8-19-18(13-16)17-3-2-4-20(23(17)25-19)24-22(26)12-14-5-6-15-9-10-28-21(15)11-14/h5-8,11,13,20,25H,2-4,9-10,12H2,1H3,(H,24,26)/t20-/m0/s1. The molecule has 2 heterocycles. The van der Waals surface area contributed by atoms with Gasteiger partial charge in [-0.2, -0.15) is 0 Å². The van der Waals surface area contributed by atoms with Crippen LogP contribution in [0.5, 0.6) is 11.5 Å². The Labute approximate surface area is 164 Å². The Morgan fingerprint density at radius 1 is 1.25 bits per heavy atom. The maximum atomic E-state index is 12.7. The summed E-state index contributed by atoms with van der Waals surface area (Å²) in [6.45, 7) is 0.737. The summed E-state index contributed by atoms with van der Waals surface area (Å²) in [6, 6.07) is 12.2. The Hall–Kier alpha value is -2.95. The second-order valence-corrected chi connectivity index (χ2v) is 7.66. The van der Waals surface area contributed by atoms with Crippen molar-refractivity contribution in [1.82, 2.24) is 10.3 Å².